The van der Waals surface area contributed by atoms with E-state index in [1.165, 1.54) is 7.11 Å². The third kappa shape index (κ3) is 5.08. The summed E-state index contributed by atoms with van der Waals surface area (Å²) in [5, 5.41) is 3.45. The fraction of sp³-hybridized carbons (Fsp3) is 0.600. The SMILES string of the molecule is COc1cc(N)c(Cl)cc1C(=O)NC1CCN(CC2CCN(C=O)CC2)CC1. The number of nitrogens with one attached hydrogen (secondary N) is 1. The quantitative estimate of drug-likeness (QED) is 0.555. The molecule has 0 unspecified atom stereocenters. The Hall–Kier alpha value is -1.99. The number of benzene rings is 1. The minimum atomic E-state index is -0.182. The molecule has 3 N–H and O–H groups in total. The highest BCUT2D eigenvalue weighted by Gasteiger charge is 2.26. The molecular weight excluding hydrogens is 380 g/mol. The second-order valence-electron chi connectivity index (χ2n) is 7.71. The van der Waals surface area contributed by atoms with Crippen LogP contribution in [0.25, 0.3) is 0 Å². The number of piperidine rings is 2. The van der Waals surface area contributed by atoms with Gasteiger partial charge in [-0.15, -0.1) is 0 Å². The molecular formula is C20H29ClN4O3. The molecule has 0 spiro atoms. The van der Waals surface area contributed by atoms with Crippen LogP contribution in [0.5, 0.6) is 5.75 Å². The first-order chi connectivity index (χ1) is 13.5. The summed E-state index contributed by atoms with van der Waals surface area (Å²) in [4.78, 5) is 27.8. The zero-order valence-corrected chi connectivity index (χ0v) is 17.1. The fourth-order valence-electron chi connectivity index (χ4n) is 4.04. The summed E-state index contributed by atoms with van der Waals surface area (Å²) < 4.78 is 5.28. The monoisotopic (exact) mass is 408 g/mol. The van der Waals surface area contributed by atoms with Gasteiger partial charge in [0.25, 0.3) is 5.91 Å². The topological polar surface area (TPSA) is 87.9 Å². The van der Waals surface area contributed by atoms with E-state index in [1.807, 2.05) is 4.90 Å². The normalized spacial score (nSPS) is 19.4. The van der Waals surface area contributed by atoms with Gasteiger partial charge in [0.05, 0.1) is 23.4 Å². The number of hydrogen-bond acceptors (Lipinski definition) is 5. The Morgan fingerprint density at radius 1 is 1.25 bits per heavy atom. The number of amides is 2. The molecule has 0 bridgehead atoms. The highest BCUT2D eigenvalue weighted by atomic mass is 35.5. The molecule has 2 saturated heterocycles. The molecule has 8 heteroatoms. The lowest BCUT2D eigenvalue weighted by Gasteiger charge is -2.37. The molecule has 2 aliphatic rings. The Bertz CT molecular complexity index is 699. The highest BCUT2D eigenvalue weighted by molar-refractivity contribution is 6.33. The number of nitrogens with zero attached hydrogens (tertiary/aromatic N) is 2. The van der Waals surface area contributed by atoms with Gasteiger partial charge in [-0.3, -0.25) is 9.59 Å². The summed E-state index contributed by atoms with van der Waals surface area (Å²) >= 11 is 6.07. The first-order valence-electron chi connectivity index (χ1n) is 9.85. The van der Waals surface area contributed by atoms with Gasteiger partial charge >= 0.3 is 0 Å². The number of hydrogen-bond donors (Lipinski definition) is 2. The van der Waals surface area contributed by atoms with Crippen LogP contribution in [-0.2, 0) is 4.79 Å². The van der Waals surface area contributed by atoms with Gasteiger partial charge in [-0.05, 0) is 37.7 Å². The molecule has 2 amide bonds. The molecule has 1 aromatic carbocycles. The molecule has 28 heavy (non-hydrogen) atoms. The van der Waals surface area contributed by atoms with Crippen molar-refractivity contribution in [2.45, 2.75) is 31.7 Å². The van der Waals surface area contributed by atoms with E-state index in [9.17, 15) is 9.59 Å². The molecule has 0 aliphatic carbocycles. The van der Waals surface area contributed by atoms with Crippen molar-refractivity contribution in [1.29, 1.82) is 0 Å². The number of methoxy groups -OCH3 is 1. The van der Waals surface area contributed by atoms with E-state index in [0.29, 0.717) is 27.9 Å². The number of anilines is 1. The Labute approximate surface area is 171 Å². The third-order valence-corrected chi connectivity index (χ3v) is 6.13. The maximum Gasteiger partial charge on any atom is 0.255 e. The number of rotatable bonds is 6. The molecule has 2 aliphatic heterocycles. The summed E-state index contributed by atoms with van der Waals surface area (Å²) in [6.45, 7) is 4.76. The van der Waals surface area contributed by atoms with E-state index in [-0.39, 0.29) is 11.9 Å². The minimum Gasteiger partial charge on any atom is -0.496 e. The Balaban J connectivity index is 1.47. The summed E-state index contributed by atoms with van der Waals surface area (Å²) in [6, 6.07) is 3.28. The number of nitrogen functional groups attached to an aromatic ring is 1. The van der Waals surface area contributed by atoms with Gasteiger partial charge in [0.2, 0.25) is 6.41 Å². The van der Waals surface area contributed by atoms with Crippen LogP contribution in [0.1, 0.15) is 36.0 Å². The van der Waals surface area contributed by atoms with Gasteiger partial charge in [0, 0.05) is 44.8 Å². The van der Waals surface area contributed by atoms with Gasteiger partial charge in [0.15, 0.2) is 0 Å². The molecule has 3 rings (SSSR count). The van der Waals surface area contributed by atoms with Gasteiger partial charge in [-0.25, -0.2) is 0 Å². The Kier molecular flexibility index (Phi) is 7.02. The summed E-state index contributed by atoms with van der Waals surface area (Å²) in [5.74, 6) is 0.903. The smallest absolute Gasteiger partial charge is 0.255 e. The zero-order valence-electron chi connectivity index (χ0n) is 16.3. The second-order valence-corrected chi connectivity index (χ2v) is 8.11. The average molecular weight is 409 g/mol. The van der Waals surface area contributed by atoms with Crippen molar-refractivity contribution < 1.29 is 14.3 Å². The highest BCUT2D eigenvalue weighted by Crippen LogP contribution is 2.29. The maximum atomic E-state index is 12.7. The van der Waals surface area contributed by atoms with Crippen molar-refractivity contribution >= 4 is 29.6 Å². The van der Waals surface area contributed by atoms with Crippen LogP contribution in [0, 0.1) is 5.92 Å². The van der Waals surface area contributed by atoms with Crippen molar-refractivity contribution in [3.05, 3.63) is 22.7 Å². The molecule has 7 nitrogen and oxygen atoms in total. The number of halogens is 1. The van der Waals surface area contributed by atoms with E-state index in [0.717, 1.165) is 64.8 Å². The summed E-state index contributed by atoms with van der Waals surface area (Å²) in [6.07, 6.45) is 4.95. The van der Waals surface area contributed by atoms with Crippen molar-refractivity contribution in [3.8, 4) is 5.75 Å². The lowest BCUT2D eigenvalue weighted by Crippen LogP contribution is -2.46. The van der Waals surface area contributed by atoms with Crippen molar-refractivity contribution in [3.63, 3.8) is 0 Å². The van der Waals surface area contributed by atoms with E-state index in [4.69, 9.17) is 22.1 Å². The van der Waals surface area contributed by atoms with E-state index < -0.39 is 0 Å². The molecule has 0 aromatic heterocycles. The lowest BCUT2D eigenvalue weighted by molar-refractivity contribution is -0.119. The maximum absolute atomic E-state index is 12.7. The molecule has 0 radical (unpaired) electrons. The first-order valence-corrected chi connectivity index (χ1v) is 10.2. The standard InChI is InChI=1S/C20H29ClN4O3/c1-28-19-11-18(22)17(21)10-16(19)20(27)23-15-4-8-24(9-5-15)12-14-2-6-25(13-26)7-3-14/h10-11,13-15H,2-9,12,22H2,1H3,(H,23,27). The van der Waals surface area contributed by atoms with Crippen molar-refractivity contribution in [1.82, 2.24) is 15.1 Å². The zero-order chi connectivity index (χ0) is 20.1. The third-order valence-electron chi connectivity index (χ3n) is 5.80. The number of ether oxygens (including phenoxy) is 1. The Morgan fingerprint density at radius 2 is 1.93 bits per heavy atom. The van der Waals surface area contributed by atoms with Crippen LogP contribution in [0.2, 0.25) is 5.02 Å². The van der Waals surface area contributed by atoms with Crippen LogP contribution in [0.4, 0.5) is 5.69 Å². The average Bonchev–Trinajstić information content (AvgIpc) is 2.71. The van der Waals surface area contributed by atoms with Crippen molar-refractivity contribution in [2.75, 3.05) is 45.6 Å². The number of carbonyl (C=O) groups excluding carboxylic acids is 2. The largest absolute Gasteiger partial charge is 0.496 e. The molecule has 2 fully saturated rings. The van der Waals surface area contributed by atoms with Gasteiger partial charge < -0.3 is 25.6 Å². The van der Waals surface area contributed by atoms with Crippen LogP contribution >= 0.6 is 11.6 Å². The number of nitrogens with two attached hydrogens (primary N) is 1. The molecule has 154 valence electrons. The predicted molar refractivity (Wildman–Crippen MR) is 110 cm³/mol. The van der Waals surface area contributed by atoms with Crippen LogP contribution in [-0.4, -0.2) is 68.0 Å². The van der Waals surface area contributed by atoms with Gasteiger partial charge in [-0.1, -0.05) is 11.6 Å². The van der Waals surface area contributed by atoms with Crippen LogP contribution in [0.15, 0.2) is 12.1 Å². The number of carbonyl (C=O) groups is 2. The molecule has 0 saturated carbocycles. The fourth-order valence-corrected chi connectivity index (χ4v) is 4.21. The van der Waals surface area contributed by atoms with Gasteiger partial charge in [-0.2, -0.15) is 0 Å². The van der Waals surface area contributed by atoms with Crippen LogP contribution < -0.4 is 15.8 Å². The Morgan fingerprint density at radius 3 is 2.54 bits per heavy atom. The first kappa shape index (κ1) is 20.7. The summed E-state index contributed by atoms with van der Waals surface area (Å²) in [5.41, 5.74) is 6.59. The van der Waals surface area contributed by atoms with Gasteiger partial charge in [0.1, 0.15) is 5.75 Å². The molecule has 2 heterocycles. The van der Waals surface area contributed by atoms with E-state index in [1.54, 1.807) is 12.1 Å². The summed E-state index contributed by atoms with van der Waals surface area (Å²) in [7, 11) is 1.51. The van der Waals surface area contributed by atoms with E-state index in [2.05, 4.69) is 10.2 Å². The van der Waals surface area contributed by atoms with E-state index >= 15 is 0 Å². The second kappa shape index (κ2) is 9.47. The van der Waals surface area contributed by atoms with Crippen LogP contribution in [0.3, 0.4) is 0 Å². The lowest BCUT2D eigenvalue weighted by atomic mass is 9.95. The number of likely N-dealkylation sites (tertiary alicyclic amines) is 2. The molecule has 0 atom stereocenters. The minimum absolute atomic E-state index is 0.140. The molecule has 1 aromatic rings. The predicted octanol–water partition coefficient (Wildman–Crippen LogP) is 1.99. The van der Waals surface area contributed by atoms with Crippen molar-refractivity contribution in [2.24, 2.45) is 5.92 Å².